The van der Waals surface area contributed by atoms with E-state index in [1.807, 2.05) is 19.1 Å². The van der Waals surface area contributed by atoms with Crippen molar-refractivity contribution in [3.05, 3.63) is 35.9 Å². The molecule has 0 spiro atoms. The number of hydrogen-bond acceptors (Lipinski definition) is 6. The summed E-state index contributed by atoms with van der Waals surface area (Å²) in [6.45, 7) is 10.3. The number of nitrogens with zero attached hydrogens (tertiary/aromatic N) is 5. The average Bonchev–Trinajstić information content (AvgIpc) is 3.27. The number of H-pyrrole nitrogens is 2. The lowest BCUT2D eigenvalue weighted by Crippen LogP contribution is -2.39. The van der Waals surface area contributed by atoms with Crippen molar-refractivity contribution in [1.29, 1.82) is 0 Å². The predicted octanol–water partition coefficient (Wildman–Crippen LogP) is 0.133. The van der Waals surface area contributed by atoms with E-state index in [-0.39, 0.29) is 6.10 Å². The molecule has 0 aliphatic carbocycles. The second-order valence-electron chi connectivity index (χ2n) is 6.87. The number of aliphatic hydroxyl groups is 1. The molecule has 138 valence electrons. The van der Waals surface area contributed by atoms with Crippen LogP contribution in [0.25, 0.3) is 0 Å². The summed E-state index contributed by atoms with van der Waals surface area (Å²) < 4.78 is 0. The van der Waals surface area contributed by atoms with Gasteiger partial charge in [0.05, 0.1) is 6.10 Å². The molecule has 8 nitrogen and oxygen atoms in total. The van der Waals surface area contributed by atoms with Crippen LogP contribution in [-0.2, 0) is 13.1 Å². The van der Waals surface area contributed by atoms with Crippen molar-refractivity contribution in [3.8, 4) is 0 Å². The first-order valence-electron chi connectivity index (χ1n) is 9.00. The highest BCUT2D eigenvalue weighted by molar-refractivity contribution is 4.98. The summed E-state index contributed by atoms with van der Waals surface area (Å²) in [5.41, 5.74) is 2.28. The molecular formula is C17H29N7O. The van der Waals surface area contributed by atoms with Crippen LogP contribution in [0, 0.1) is 0 Å². The van der Waals surface area contributed by atoms with Gasteiger partial charge in [-0.3, -0.25) is 24.9 Å². The second kappa shape index (κ2) is 9.10. The highest BCUT2D eigenvalue weighted by Crippen LogP contribution is 2.08. The SMILES string of the molecule is C[C@H](O)CN1CCN(Cc2ccn[nH]2)CCN(Cc2ccn[nH]2)CC1. The quantitative estimate of drug-likeness (QED) is 0.689. The van der Waals surface area contributed by atoms with Gasteiger partial charge in [0.25, 0.3) is 0 Å². The van der Waals surface area contributed by atoms with E-state index in [4.69, 9.17) is 0 Å². The Morgan fingerprint density at radius 3 is 1.68 bits per heavy atom. The summed E-state index contributed by atoms with van der Waals surface area (Å²) in [5.74, 6) is 0. The monoisotopic (exact) mass is 347 g/mol. The van der Waals surface area contributed by atoms with Gasteiger partial charge in [-0.2, -0.15) is 10.2 Å². The zero-order valence-electron chi connectivity index (χ0n) is 14.9. The lowest BCUT2D eigenvalue weighted by Gasteiger charge is -2.26. The number of rotatable bonds is 6. The molecule has 1 aliphatic rings. The first-order chi connectivity index (χ1) is 12.2. The normalized spacial score (nSPS) is 20.1. The number of hydrogen-bond donors (Lipinski definition) is 3. The van der Waals surface area contributed by atoms with E-state index in [9.17, 15) is 5.11 Å². The van der Waals surface area contributed by atoms with E-state index < -0.39 is 0 Å². The molecule has 25 heavy (non-hydrogen) atoms. The van der Waals surface area contributed by atoms with Crippen LogP contribution < -0.4 is 0 Å². The van der Waals surface area contributed by atoms with Gasteiger partial charge < -0.3 is 5.11 Å². The van der Waals surface area contributed by atoms with Crippen LogP contribution in [0.2, 0.25) is 0 Å². The van der Waals surface area contributed by atoms with Gasteiger partial charge in [0.1, 0.15) is 0 Å². The Kier molecular flexibility index (Phi) is 6.57. The van der Waals surface area contributed by atoms with Gasteiger partial charge in [0.2, 0.25) is 0 Å². The first-order valence-corrected chi connectivity index (χ1v) is 9.00. The van der Waals surface area contributed by atoms with Crippen LogP contribution in [0.1, 0.15) is 18.3 Å². The Morgan fingerprint density at radius 1 is 0.880 bits per heavy atom. The molecule has 3 heterocycles. The molecule has 8 heteroatoms. The van der Waals surface area contributed by atoms with Crippen molar-refractivity contribution >= 4 is 0 Å². The van der Waals surface area contributed by atoms with E-state index in [1.165, 1.54) is 0 Å². The maximum Gasteiger partial charge on any atom is 0.0639 e. The van der Waals surface area contributed by atoms with E-state index in [2.05, 4.69) is 35.1 Å². The number of aromatic amines is 2. The molecule has 3 rings (SSSR count). The molecule has 0 unspecified atom stereocenters. The first kappa shape index (κ1) is 18.1. The van der Waals surface area contributed by atoms with Crippen LogP contribution in [0.15, 0.2) is 24.5 Å². The molecule has 3 N–H and O–H groups in total. The summed E-state index contributed by atoms with van der Waals surface area (Å²) in [6, 6.07) is 4.06. The Morgan fingerprint density at radius 2 is 1.32 bits per heavy atom. The van der Waals surface area contributed by atoms with Gasteiger partial charge in [0, 0.05) is 82.7 Å². The lowest BCUT2D eigenvalue weighted by molar-refractivity contribution is 0.115. The molecule has 0 aromatic carbocycles. The van der Waals surface area contributed by atoms with Gasteiger partial charge in [-0.25, -0.2) is 0 Å². The minimum Gasteiger partial charge on any atom is -0.392 e. The Hall–Kier alpha value is -1.74. The summed E-state index contributed by atoms with van der Waals surface area (Å²) in [4.78, 5) is 7.26. The minimum absolute atomic E-state index is 0.303. The summed E-state index contributed by atoms with van der Waals surface area (Å²) in [7, 11) is 0. The molecular weight excluding hydrogens is 318 g/mol. The van der Waals surface area contributed by atoms with Crippen molar-refractivity contribution < 1.29 is 5.11 Å². The Bertz CT molecular complexity index is 536. The highest BCUT2D eigenvalue weighted by Gasteiger charge is 2.18. The number of aliphatic hydroxyl groups excluding tert-OH is 1. The smallest absolute Gasteiger partial charge is 0.0639 e. The van der Waals surface area contributed by atoms with E-state index >= 15 is 0 Å². The maximum atomic E-state index is 9.79. The summed E-state index contributed by atoms with van der Waals surface area (Å²) in [5, 5.41) is 24.0. The van der Waals surface area contributed by atoms with Gasteiger partial charge >= 0.3 is 0 Å². The molecule has 0 saturated carbocycles. The van der Waals surface area contributed by atoms with Crippen LogP contribution in [0.3, 0.4) is 0 Å². The fraction of sp³-hybridized carbons (Fsp3) is 0.647. The van der Waals surface area contributed by atoms with Crippen molar-refractivity contribution in [2.45, 2.75) is 26.1 Å². The molecule has 2 aromatic heterocycles. The van der Waals surface area contributed by atoms with Crippen molar-refractivity contribution in [3.63, 3.8) is 0 Å². The fourth-order valence-corrected chi connectivity index (χ4v) is 3.28. The fourth-order valence-electron chi connectivity index (χ4n) is 3.28. The average molecular weight is 347 g/mol. The standard InChI is InChI=1S/C17H29N7O/c1-15(25)12-22-6-8-23(13-16-2-4-18-20-16)10-11-24(9-7-22)14-17-3-5-19-21-17/h2-5,15,25H,6-14H2,1H3,(H,18,20)(H,19,21)/t15-/m0/s1. The van der Waals surface area contributed by atoms with Gasteiger partial charge in [-0.1, -0.05) is 0 Å². The maximum absolute atomic E-state index is 9.79. The topological polar surface area (TPSA) is 87.3 Å². The zero-order valence-corrected chi connectivity index (χ0v) is 14.9. The van der Waals surface area contributed by atoms with Gasteiger partial charge in [-0.15, -0.1) is 0 Å². The Balaban J connectivity index is 1.63. The third-order valence-corrected chi connectivity index (χ3v) is 4.62. The highest BCUT2D eigenvalue weighted by atomic mass is 16.3. The van der Waals surface area contributed by atoms with Crippen LogP contribution in [0.5, 0.6) is 0 Å². The third kappa shape index (κ3) is 5.93. The third-order valence-electron chi connectivity index (χ3n) is 4.62. The minimum atomic E-state index is -0.303. The van der Waals surface area contributed by atoms with Gasteiger partial charge in [-0.05, 0) is 19.1 Å². The second-order valence-corrected chi connectivity index (χ2v) is 6.87. The van der Waals surface area contributed by atoms with Gasteiger partial charge in [0.15, 0.2) is 0 Å². The van der Waals surface area contributed by atoms with Crippen LogP contribution in [-0.4, -0.2) is 92.1 Å². The molecule has 1 saturated heterocycles. The number of nitrogens with one attached hydrogen (secondary N) is 2. The van der Waals surface area contributed by atoms with Crippen molar-refractivity contribution in [1.82, 2.24) is 35.1 Å². The lowest BCUT2D eigenvalue weighted by atomic mass is 10.3. The van der Waals surface area contributed by atoms with Crippen molar-refractivity contribution in [2.24, 2.45) is 0 Å². The summed E-state index contributed by atoms with van der Waals surface area (Å²) >= 11 is 0. The summed E-state index contributed by atoms with van der Waals surface area (Å²) in [6.07, 6.45) is 3.30. The molecule has 0 bridgehead atoms. The molecule has 1 aliphatic heterocycles. The molecule has 0 radical (unpaired) electrons. The number of aromatic nitrogens is 4. The molecule has 1 atom stereocenters. The number of β-amino-alcohol motifs (C(OH)–C–C–N with tert-alkyl or cyclic N) is 1. The molecule has 0 amide bonds. The van der Waals surface area contributed by atoms with E-state index in [0.717, 1.165) is 70.3 Å². The van der Waals surface area contributed by atoms with Crippen molar-refractivity contribution in [2.75, 3.05) is 45.8 Å². The van der Waals surface area contributed by atoms with E-state index in [0.29, 0.717) is 0 Å². The molecule has 2 aromatic rings. The molecule has 1 fully saturated rings. The van der Waals surface area contributed by atoms with Crippen LogP contribution >= 0.6 is 0 Å². The zero-order chi connectivity index (χ0) is 17.5. The predicted molar refractivity (Wildman–Crippen MR) is 95.9 cm³/mol. The largest absolute Gasteiger partial charge is 0.392 e. The van der Waals surface area contributed by atoms with Crippen LogP contribution in [0.4, 0.5) is 0 Å². The Labute approximate surface area is 148 Å². The van der Waals surface area contributed by atoms with E-state index in [1.54, 1.807) is 12.4 Å².